The number of nitrogens with two attached hydrogens (primary N) is 1. The van der Waals surface area contributed by atoms with Crippen LogP contribution in [-0.2, 0) is 20.7 Å². The first-order valence-electron chi connectivity index (χ1n) is 8.65. The lowest BCUT2D eigenvalue weighted by Gasteiger charge is -2.17. The van der Waals surface area contributed by atoms with Crippen molar-refractivity contribution in [1.82, 2.24) is 4.90 Å². The van der Waals surface area contributed by atoms with Crippen molar-refractivity contribution in [3.63, 3.8) is 0 Å². The quantitative estimate of drug-likeness (QED) is 0.546. The zero-order valence-electron chi connectivity index (χ0n) is 15.7. The van der Waals surface area contributed by atoms with Crippen LogP contribution in [0.15, 0.2) is 42.5 Å². The lowest BCUT2D eigenvalue weighted by molar-refractivity contribution is -0.136. The predicted octanol–water partition coefficient (Wildman–Crippen LogP) is 2.74. The molecule has 2 aromatic rings. The number of nitrogens with one attached hydrogen (secondary N) is 1. The molecule has 0 fully saturated rings. The van der Waals surface area contributed by atoms with E-state index in [1.165, 1.54) is 30.1 Å². The van der Waals surface area contributed by atoms with Gasteiger partial charge >= 0.3 is 5.97 Å². The zero-order chi connectivity index (χ0) is 20.7. The van der Waals surface area contributed by atoms with E-state index < -0.39 is 18.5 Å². The Hall–Kier alpha value is -3.06. The number of aryl methyl sites for hydroxylation is 1. The fraction of sp³-hybridized carbons (Fsp3) is 0.250. The normalized spacial score (nSPS) is 10.2. The molecule has 0 spiro atoms. The highest BCUT2D eigenvalue weighted by molar-refractivity contribution is 6.31. The van der Waals surface area contributed by atoms with Crippen LogP contribution in [0.25, 0.3) is 0 Å². The molecule has 0 aliphatic heterocycles. The van der Waals surface area contributed by atoms with E-state index in [0.717, 1.165) is 12.0 Å². The van der Waals surface area contributed by atoms with Gasteiger partial charge in [0.2, 0.25) is 5.91 Å². The summed E-state index contributed by atoms with van der Waals surface area (Å²) < 4.78 is 4.98. The third-order valence-electron chi connectivity index (χ3n) is 4.04. The minimum Gasteiger partial charge on any atom is -0.452 e. The molecule has 0 aliphatic rings. The maximum absolute atomic E-state index is 12.2. The molecular formula is C20H22ClN3O4. The molecule has 8 heteroatoms. The molecule has 0 heterocycles. The Labute approximate surface area is 168 Å². The summed E-state index contributed by atoms with van der Waals surface area (Å²) in [7, 11) is 1.46. The van der Waals surface area contributed by atoms with E-state index in [1.54, 1.807) is 6.07 Å². The Morgan fingerprint density at radius 1 is 1.18 bits per heavy atom. The van der Waals surface area contributed by atoms with E-state index in [2.05, 4.69) is 5.32 Å². The van der Waals surface area contributed by atoms with Crippen LogP contribution in [0.1, 0.15) is 22.8 Å². The topological polar surface area (TPSA) is 102 Å². The van der Waals surface area contributed by atoms with Gasteiger partial charge in [-0.1, -0.05) is 36.7 Å². The van der Waals surface area contributed by atoms with E-state index >= 15 is 0 Å². The molecule has 0 aliphatic carbocycles. The molecule has 0 unspecified atom stereocenters. The summed E-state index contributed by atoms with van der Waals surface area (Å²) in [5, 5.41) is 3.17. The van der Waals surface area contributed by atoms with E-state index in [-0.39, 0.29) is 23.7 Å². The second-order valence-corrected chi connectivity index (χ2v) is 6.55. The number of para-hydroxylation sites is 1. The Kier molecular flexibility index (Phi) is 7.40. The minimum atomic E-state index is -0.739. The molecular weight excluding hydrogens is 382 g/mol. The largest absolute Gasteiger partial charge is 0.452 e. The van der Waals surface area contributed by atoms with Gasteiger partial charge in [0.25, 0.3) is 5.91 Å². The highest BCUT2D eigenvalue weighted by Crippen LogP contribution is 2.19. The number of halogens is 1. The summed E-state index contributed by atoms with van der Waals surface area (Å²) in [5.41, 5.74) is 7.70. The van der Waals surface area contributed by atoms with Crippen LogP contribution in [0.4, 0.5) is 11.4 Å². The summed E-state index contributed by atoms with van der Waals surface area (Å²) in [5.74, 6) is -1.60. The number of ether oxygens (including phenoxy) is 1. The smallest absolute Gasteiger partial charge is 0.340 e. The number of esters is 1. The van der Waals surface area contributed by atoms with E-state index in [1.807, 2.05) is 25.1 Å². The molecule has 0 saturated heterocycles. The fourth-order valence-corrected chi connectivity index (χ4v) is 2.66. The average molecular weight is 404 g/mol. The second-order valence-electron chi connectivity index (χ2n) is 6.12. The number of amides is 2. The van der Waals surface area contributed by atoms with Gasteiger partial charge in [-0.25, -0.2) is 4.79 Å². The number of benzene rings is 2. The third-order valence-corrected chi connectivity index (χ3v) is 4.27. The summed E-state index contributed by atoms with van der Waals surface area (Å²) in [6, 6.07) is 11.8. The molecule has 2 rings (SSSR count). The molecule has 7 nitrogen and oxygen atoms in total. The first-order valence-corrected chi connectivity index (χ1v) is 9.03. The predicted molar refractivity (Wildman–Crippen MR) is 108 cm³/mol. The van der Waals surface area contributed by atoms with Crippen molar-refractivity contribution >= 4 is 40.8 Å². The van der Waals surface area contributed by atoms with Crippen molar-refractivity contribution < 1.29 is 19.1 Å². The summed E-state index contributed by atoms with van der Waals surface area (Å²) >= 11 is 5.79. The summed E-state index contributed by atoms with van der Waals surface area (Å²) in [6.45, 7) is 1.32. The summed E-state index contributed by atoms with van der Waals surface area (Å²) in [4.78, 5) is 37.6. The van der Waals surface area contributed by atoms with E-state index in [4.69, 9.17) is 22.1 Å². The average Bonchev–Trinajstić information content (AvgIpc) is 2.66. The number of hydrogen-bond donors (Lipinski definition) is 2. The first-order chi connectivity index (χ1) is 13.3. The molecule has 2 aromatic carbocycles. The van der Waals surface area contributed by atoms with Gasteiger partial charge in [0.05, 0.1) is 12.1 Å². The highest BCUT2D eigenvalue weighted by atomic mass is 35.5. The Bertz CT molecular complexity index is 886. The molecule has 0 atom stereocenters. The number of carbonyl (C=O) groups is 3. The van der Waals surface area contributed by atoms with Crippen LogP contribution in [0.5, 0.6) is 0 Å². The molecule has 0 aromatic heterocycles. The Balaban J connectivity index is 1.86. The highest BCUT2D eigenvalue weighted by Gasteiger charge is 2.18. The van der Waals surface area contributed by atoms with Crippen LogP contribution in [0.3, 0.4) is 0 Å². The lowest BCUT2D eigenvalue weighted by Crippen LogP contribution is -2.37. The number of nitrogens with zero attached hydrogens (tertiary/aromatic N) is 1. The molecule has 3 N–H and O–H groups in total. The number of rotatable bonds is 7. The van der Waals surface area contributed by atoms with Gasteiger partial charge in [-0.15, -0.1) is 0 Å². The van der Waals surface area contributed by atoms with Gasteiger partial charge in [-0.2, -0.15) is 0 Å². The molecule has 0 radical (unpaired) electrons. The first kappa shape index (κ1) is 21.2. The zero-order valence-corrected chi connectivity index (χ0v) is 16.5. The monoisotopic (exact) mass is 403 g/mol. The number of nitrogen functional groups attached to an aromatic ring is 1. The van der Waals surface area contributed by atoms with Crippen LogP contribution in [0.2, 0.25) is 5.02 Å². The van der Waals surface area contributed by atoms with Gasteiger partial charge in [-0.3, -0.25) is 9.59 Å². The van der Waals surface area contributed by atoms with Crippen LogP contribution >= 0.6 is 11.6 Å². The maximum Gasteiger partial charge on any atom is 0.340 e. The van der Waals surface area contributed by atoms with Crippen molar-refractivity contribution in [3.05, 3.63) is 58.6 Å². The van der Waals surface area contributed by atoms with Crippen molar-refractivity contribution in [1.29, 1.82) is 0 Å². The fourth-order valence-electron chi connectivity index (χ4n) is 2.48. The molecule has 0 saturated carbocycles. The number of likely N-dealkylation sites (N-methyl/N-ethyl adjacent to an activating group) is 1. The van der Waals surface area contributed by atoms with Gasteiger partial charge in [0.1, 0.15) is 0 Å². The molecule has 2 amide bonds. The Morgan fingerprint density at radius 2 is 1.89 bits per heavy atom. The van der Waals surface area contributed by atoms with Crippen molar-refractivity contribution in [3.8, 4) is 0 Å². The molecule has 28 heavy (non-hydrogen) atoms. The SMILES string of the molecule is CCc1ccccc1NC(=O)CN(C)C(=O)COC(=O)c1ccc(Cl)cc1N. The van der Waals surface area contributed by atoms with Crippen molar-refractivity contribution in [2.24, 2.45) is 0 Å². The van der Waals surface area contributed by atoms with Gasteiger partial charge in [0, 0.05) is 23.4 Å². The van der Waals surface area contributed by atoms with E-state index in [0.29, 0.717) is 10.7 Å². The minimum absolute atomic E-state index is 0.119. The standard InChI is InChI=1S/C20H22ClN3O4/c1-3-13-6-4-5-7-17(13)23-18(25)11-24(2)19(26)12-28-20(27)15-9-8-14(21)10-16(15)22/h4-10H,3,11-12,22H2,1-2H3,(H,23,25). The maximum atomic E-state index is 12.2. The lowest BCUT2D eigenvalue weighted by atomic mass is 10.1. The molecule has 148 valence electrons. The van der Waals surface area contributed by atoms with Crippen LogP contribution in [0, 0.1) is 0 Å². The van der Waals surface area contributed by atoms with Crippen LogP contribution in [-0.4, -0.2) is 42.9 Å². The number of anilines is 2. The number of carbonyl (C=O) groups excluding carboxylic acids is 3. The number of hydrogen-bond acceptors (Lipinski definition) is 5. The van der Waals surface area contributed by atoms with Crippen LogP contribution < -0.4 is 11.1 Å². The van der Waals surface area contributed by atoms with Gasteiger partial charge in [-0.05, 0) is 36.2 Å². The van der Waals surface area contributed by atoms with E-state index in [9.17, 15) is 14.4 Å². The Morgan fingerprint density at radius 3 is 2.57 bits per heavy atom. The third kappa shape index (κ3) is 5.72. The van der Waals surface area contributed by atoms with Gasteiger partial charge < -0.3 is 20.7 Å². The molecule has 0 bridgehead atoms. The summed E-state index contributed by atoms with van der Waals surface area (Å²) in [6.07, 6.45) is 0.773. The van der Waals surface area contributed by atoms with Gasteiger partial charge in [0.15, 0.2) is 6.61 Å². The van der Waals surface area contributed by atoms with Crippen molar-refractivity contribution in [2.45, 2.75) is 13.3 Å². The van der Waals surface area contributed by atoms with Crippen molar-refractivity contribution in [2.75, 3.05) is 31.2 Å². The second kappa shape index (κ2) is 9.75.